The van der Waals surface area contributed by atoms with E-state index in [9.17, 15) is 8.42 Å². The van der Waals surface area contributed by atoms with Crippen LogP contribution in [0.3, 0.4) is 0 Å². The van der Waals surface area contributed by atoms with Crippen LogP contribution in [0.1, 0.15) is 19.3 Å². The Kier molecular flexibility index (Phi) is 2.77. The van der Waals surface area contributed by atoms with E-state index in [2.05, 4.69) is 4.72 Å². The van der Waals surface area contributed by atoms with Crippen molar-refractivity contribution in [2.24, 2.45) is 5.41 Å². The van der Waals surface area contributed by atoms with Crippen LogP contribution in [0.5, 0.6) is 0 Å². The molecule has 0 radical (unpaired) electrons. The molecule has 4 nitrogen and oxygen atoms in total. The smallest absolute Gasteiger partial charge is 0.241 e. The van der Waals surface area contributed by atoms with E-state index < -0.39 is 10.0 Å². The number of nitrogens with one attached hydrogen (secondary N) is 1. The molecular formula is C11H15NO3S2. The van der Waals surface area contributed by atoms with E-state index in [0.29, 0.717) is 4.90 Å². The first-order valence-corrected chi connectivity index (χ1v) is 8.17. The Balaban J connectivity index is 1.69. The fourth-order valence-electron chi connectivity index (χ4n) is 2.50. The van der Waals surface area contributed by atoms with Gasteiger partial charge in [0.1, 0.15) is 0 Å². The highest BCUT2D eigenvalue weighted by Gasteiger charge is 2.55. The van der Waals surface area contributed by atoms with E-state index in [0.717, 1.165) is 32.5 Å². The van der Waals surface area contributed by atoms with Crippen LogP contribution in [-0.2, 0) is 14.8 Å². The number of hydrogen-bond acceptors (Lipinski definition) is 4. The maximum absolute atomic E-state index is 12.0. The number of thiophene rings is 1. The normalized spacial score (nSPS) is 27.2. The van der Waals surface area contributed by atoms with Crippen LogP contribution in [0.25, 0.3) is 0 Å². The van der Waals surface area contributed by atoms with Crippen molar-refractivity contribution in [1.82, 2.24) is 4.72 Å². The van der Waals surface area contributed by atoms with Crippen molar-refractivity contribution in [3.63, 3.8) is 0 Å². The van der Waals surface area contributed by atoms with Gasteiger partial charge in [-0.25, -0.2) is 13.1 Å². The van der Waals surface area contributed by atoms with Crippen LogP contribution in [0, 0.1) is 5.41 Å². The summed E-state index contributed by atoms with van der Waals surface area (Å²) < 4.78 is 32.2. The number of rotatable bonds is 3. The molecule has 1 aromatic rings. The van der Waals surface area contributed by atoms with Gasteiger partial charge < -0.3 is 4.74 Å². The molecule has 1 spiro atoms. The highest BCUT2D eigenvalue weighted by Crippen LogP contribution is 2.53. The number of ether oxygens (including phenoxy) is 1. The topological polar surface area (TPSA) is 55.4 Å². The van der Waals surface area contributed by atoms with Crippen molar-refractivity contribution in [2.45, 2.75) is 30.2 Å². The summed E-state index contributed by atoms with van der Waals surface area (Å²) in [4.78, 5) is 0.386. The van der Waals surface area contributed by atoms with E-state index in [-0.39, 0.29) is 11.5 Å². The van der Waals surface area contributed by atoms with Crippen molar-refractivity contribution in [3.05, 3.63) is 16.8 Å². The number of sulfonamides is 1. The minimum Gasteiger partial charge on any atom is -0.381 e. The van der Waals surface area contributed by atoms with Crippen molar-refractivity contribution in [3.8, 4) is 0 Å². The quantitative estimate of drug-likeness (QED) is 0.910. The highest BCUT2D eigenvalue weighted by atomic mass is 32.2. The molecule has 1 atom stereocenters. The molecule has 3 rings (SSSR count). The largest absolute Gasteiger partial charge is 0.381 e. The summed E-state index contributed by atoms with van der Waals surface area (Å²) in [5.74, 6) is 0. The van der Waals surface area contributed by atoms with Gasteiger partial charge in [0.15, 0.2) is 0 Å². The van der Waals surface area contributed by atoms with E-state index >= 15 is 0 Å². The third-order valence-corrected chi connectivity index (χ3v) is 6.08. The second-order valence-electron chi connectivity index (χ2n) is 4.81. The van der Waals surface area contributed by atoms with Crippen LogP contribution in [-0.4, -0.2) is 27.7 Å². The van der Waals surface area contributed by atoms with Crippen LogP contribution in [0.15, 0.2) is 21.7 Å². The standard InChI is InChI=1S/C11H15NO3S2/c13-17(14,9-1-6-16-8-9)12-10-7-11(10)2-4-15-5-3-11/h1,6,8,10,12H,2-5,7H2. The first kappa shape index (κ1) is 11.6. The van der Waals surface area contributed by atoms with Crippen molar-refractivity contribution in [1.29, 1.82) is 0 Å². The lowest BCUT2D eigenvalue weighted by atomic mass is 9.96. The lowest BCUT2D eigenvalue weighted by Gasteiger charge is -2.22. The van der Waals surface area contributed by atoms with E-state index in [1.807, 2.05) is 0 Å². The van der Waals surface area contributed by atoms with Crippen molar-refractivity contribution in [2.75, 3.05) is 13.2 Å². The summed E-state index contributed by atoms with van der Waals surface area (Å²) in [6, 6.07) is 1.75. The van der Waals surface area contributed by atoms with Crippen LogP contribution in [0.4, 0.5) is 0 Å². The van der Waals surface area contributed by atoms with E-state index in [4.69, 9.17) is 4.74 Å². The Labute approximate surface area is 105 Å². The first-order valence-electron chi connectivity index (χ1n) is 5.75. The predicted octanol–water partition coefficient (Wildman–Crippen LogP) is 1.60. The van der Waals surface area contributed by atoms with Gasteiger partial charge in [0.05, 0.1) is 4.90 Å². The van der Waals surface area contributed by atoms with E-state index in [1.165, 1.54) is 11.3 Å². The third kappa shape index (κ3) is 2.14. The maximum Gasteiger partial charge on any atom is 0.241 e. The highest BCUT2D eigenvalue weighted by molar-refractivity contribution is 7.89. The van der Waals surface area contributed by atoms with Crippen molar-refractivity contribution < 1.29 is 13.2 Å². The van der Waals surface area contributed by atoms with Gasteiger partial charge in [-0.3, -0.25) is 0 Å². The molecule has 1 saturated heterocycles. The Morgan fingerprint density at radius 2 is 2.18 bits per heavy atom. The molecule has 1 aliphatic carbocycles. The molecule has 1 aromatic heterocycles. The molecule has 1 aliphatic heterocycles. The lowest BCUT2D eigenvalue weighted by Crippen LogP contribution is -2.32. The molecule has 6 heteroatoms. The van der Waals surface area contributed by atoms with Gasteiger partial charge >= 0.3 is 0 Å². The van der Waals surface area contributed by atoms with Gasteiger partial charge in [0.25, 0.3) is 0 Å². The van der Waals surface area contributed by atoms with Gasteiger partial charge in [0.2, 0.25) is 10.0 Å². The zero-order valence-corrected chi connectivity index (χ0v) is 11.0. The van der Waals surface area contributed by atoms with Gasteiger partial charge in [-0.15, -0.1) is 0 Å². The second kappa shape index (κ2) is 4.05. The maximum atomic E-state index is 12.0. The molecule has 0 bridgehead atoms. The Bertz CT molecular complexity index is 489. The molecule has 2 fully saturated rings. The molecular weight excluding hydrogens is 258 g/mol. The zero-order chi connectivity index (χ0) is 11.9. The average molecular weight is 273 g/mol. The van der Waals surface area contributed by atoms with Crippen LogP contribution in [0.2, 0.25) is 0 Å². The fourth-order valence-corrected chi connectivity index (χ4v) is 4.87. The molecule has 17 heavy (non-hydrogen) atoms. The Morgan fingerprint density at radius 1 is 1.41 bits per heavy atom. The predicted molar refractivity (Wildman–Crippen MR) is 65.5 cm³/mol. The average Bonchev–Trinajstić information content (AvgIpc) is 2.78. The van der Waals surface area contributed by atoms with Crippen molar-refractivity contribution >= 4 is 21.4 Å². The molecule has 1 N–H and O–H groups in total. The Morgan fingerprint density at radius 3 is 2.82 bits per heavy atom. The molecule has 1 unspecified atom stereocenters. The molecule has 2 aliphatic rings. The summed E-state index contributed by atoms with van der Waals surface area (Å²) in [6.07, 6.45) is 2.91. The molecule has 0 aromatic carbocycles. The monoisotopic (exact) mass is 273 g/mol. The summed E-state index contributed by atoms with van der Waals surface area (Å²) in [6.45, 7) is 1.52. The van der Waals surface area contributed by atoms with Gasteiger partial charge in [0, 0.05) is 24.6 Å². The number of hydrogen-bond donors (Lipinski definition) is 1. The SMILES string of the molecule is O=S(=O)(NC1CC12CCOCC2)c1ccsc1. The summed E-state index contributed by atoms with van der Waals surface area (Å²) in [7, 11) is -3.31. The summed E-state index contributed by atoms with van der Waals surface area (Å²) in [5.41, 5.74) is 0.182. The van der Waals surface area contributed by atoms with Crippen LogP contribution < -0.4 is 4.72 Å². The van der Waals surface area contributed by atoms with Gasteiger partial charge in [-0.05, 0) is 36.1 Å². The van der Waals surface area contributed by atoms with Gasteiger partial charge in [-0.2, -0.15) is 11.3 Å². The third-order valence-electron chi connectivity index (χ3n) is 3.78. The Hall–Kier alpha value is -0.430. The molecule has 94 valence electrons. The second-order valence-corrected chi connectivity index (χ2v) is 7.31. The first-order chi connectivity index (χ1) is 8.12. The fraction of sp³-hybridized carbons (Fsp3) is 0.636. The minimum absolute atomic E-state index is 0.108. The summed E-state index contributed by atoms with van der Waals surface area (Å²) in [5, 5.41) is 3.45. The zero-order valence-electron chi connectivity index (χ0n) is 9.39. The van der Waals surface area contributed by atoms with E-state index in [1.54, 1.807) is 16.8 Å². The molecule has 2 heterocycles. The minimum atomic E-state index is -3.31. The molecule has 0 amide bonds. The lowest BCUT2D eigenvalue weighted by molar-refractivity contribution is 0.0553. The molecule has 1 saturated carbocycles. The van der Waals surface area contributed by atoms with Gasteiger partial charge in [-0.1, -0.05) is 0 Å². The van der Waals surface area contributed by atoms with Crippen LogP contribution >= 0.6 is 11.3 Å². The summed E-state index contributed by atoms with van der Waals surface area (Å²) >= 11 is 1.40.